The van der Waals surface area contributed by atoms with Gasteiger partial charge in [0.1, 0.15) is 0 Å². The molecule has 0 aliphatic rings. The maximum atomic E-state index is 11.4. The van der Waals surface area contributed by atoms with E-state index in [2.05, 4.69) is 15.4 Å². The van der Waals surface area contributed by atoms with Gasteiger partial charge >= 0.3 is 12.0 Å². The van der Waals surface area contributed by atoms with Gasteiger partial charge in [0.25, 0.3) is 0 Å². The van der Waals surface area contributed by atoms with Gasteiger partial charge < -0.3 is 10.1 Å². The van der Waals surface area contributed by atoms with Crippen molar-refractivity contribution in [3.8, 4) is 0 Å². The Bertz CT molecular complexity index is 307. The first kappa shape index (κ1) is 16.8. The van der Waals surface area contributed by atoms with E-state index in [9.17, 15) is 14.4 Å². The molecule has 0 aliphatic carbocycles. The largest absolute Gasteiger partial charge is 0.469 e. The Morgan fingerprint density at radius 1 is 1.22 bits per heavy atom. The normalized spacial score (nSPS) is 11.8. The Balaban J connectivity index is 3.82. The third-order valence-electron chi connectivity index (χ3n) is 1.85. The second-order valence-corrected chi connectivity index (χ2v) is 5.50. The highest BCUT2D eigenvalue weighted by Gasteiger charge is 2.13. The van der Waals surface area contributed by atoms with Crippen LogP contribution in [0.2, 0.25) is 0 Å². The highest BCUT2D eigenvalue weighted by atomic mass is 32.2. The van der Waals surface area contributed by atoms with Crippen LogP contribution in [0.25, 0.3) is 0 Å². The molecule has 0 saturated carbocycles. The number of urea groups is 1. The molecule has 0 fully saturated rings. The Labute approximate surface area is 111 Å². The zero-order valence-corrected chi connectivity index (χ0v) is 11.9. The molecule has 0 aromatic heterocycles. The number of carbonyl (C=O) groups is 3. The van der Waals surface area contributed by atoms with E-state index in [1.54, 1.807) is 13.8 Å². The fourth-order valence-electron chi connectivity index (χ4n) is 1.06. The second kappa shape index (κ2) is 8.79. The molecule has 2 N–H and O–H groups in total. The summed E-state index contributed by atoms with van der Waals surface area (Å²) >= 11 is 1.30. The summed E-state index contributed by atoms with van der Waals surface area (Å²) in [5, 5.41) is 4.73. The first-order chi connectivity index (χ1) is 8.35. The predicted molar refractivity (Wildman–Crippen MR) is 70.4 cm³/mol. The summed E-state index contributed by atoms with van der Waals surface area (Å²) in [4.78, 5) is 33.6. The Morgan fingerprint density at radius 3 is 2.33 bits per heavy atom. The van der Waals surface area contributed by atoms with Crippen LogP contribution < -0.4 is 10.6 Å². The predicted octanol–water partition coefficient (Wildman–Crippen LogP) is 0.905. The molecule has 104 valence electrons. The minimum absolute atomic E-state index is 0.0244. The number of methoxy groups -OCH3 is 1. The number of imide groups is 1. The van der Waals surface area contributed by atoms with Crippen molar-refractivity contribution >= 4 is 29.7 Å². The molecule has 0 saturated heterocycles. The van der Waals surface area contributed by atoms with Crippen molar-refractivity contribution in [3.63, 3.8) is 0 Å². The standard InChI is InChI=1S/C11H20N2O4S/c1-7(2)12-11(16)13-9(14)6-18-8(3)5-10(15)17-4/h7-8H,5-6H2,1-4H3,(H2,12,13,14,16). The molecule has 3 amide bonds. The van der Waals surface area contributed by atoms with E-state index in [0.29, 0.717) is 0 Å². The number of amides is 3. The molecule has 1 unspecified atom stereocenters. The van der Waals surface area contributed by atoms with Gasteiger partial charge in [0.2, 0.25) is 5.91 Å². The van der Waals surface area contributed by atoms with Crippen LogP contribution in [0.15, 0.2) is 0 Å². The lowest BCUT2D eigenvalue weighted by Gasteiger charge is -2.11. The monoisotopic (exact) mass is 276 g/mol. The number of thioether (sulfide) groups is 1. The number of carbonyl (C=O) groups excluding carboxylic acids is 3. The van der Waals surface area contributed by atoms with E-state index in [1.165, 1.54) is 18.9 Å². The van der Waals surface area contributed by atoms with Crippen molar-refractivity contribution < 1.29 is 19.1 Å². The summed E-state index contributed by atoms with van der Waals surface area (Å²) in [5.41, 5.74) is 0. The van der Waals surface area contributed by atoms with E-state index in [1.807, 2.05) is 6.92 Å². The van der Waals surface area contributed by atoms with E-state index in [-0.39, 0.29) is 35.3 Å². The third kappa shape index (κ3) is 8.86. The van der Waals surface area contributed by atoms with Gasteiger partial charge in [0.05, 0.1) is 19.3 Å². The molecule has 0 bridgehead atoms. The Kier molecular flexibility index (Phi) is 8.19. The van der Waals surface area contributed by atoms with Gasteiger partial charge in [-0.25, -0.2) is 4.79 Å². The average molecular weight is 276 g/mol. The van der Waals surface area contributed by atoms with E-state index in [0.717, 1.165) is 0 Å². The van der Waals surface area contributed by atoms with Crippen molar-refractivity contribution in [2.24, 2.45) is 0 Å². The van der Waals surface area contributed by atoms with Crippen molar-refractivity contribution in [3.05, 3.63) is 0 Å². The molecule has 1 atom stereocenters. The van der Waals surface area contributed by atoms with Gasteiger partial charge in [-0.05, 0) is 13.8 Å². The second-order valence-electron chi connectivity index (χ2n) is 4.08. The summed E-state index contributed by atoms with van der Waals surface area (Å²) < 4.78 is 4.52. The summed E-state index contributed by atoms with van der Waals surface area (Å²) in [6.45, 7) is 5.43. The number of esters is 1. The summed E-state index contributed by atoms with van der Waals surface area (Å²) in [5.74, 6) is -0.563. The zero-order valence-electron chi connectivity index (χ0n) is 11.1. The van der Waals surface area contributed by atoms with Gasteiger partial charge in [-0.3, -0.25) is 14.9 Å². The third-order valence-corrected chi connectivity index (χ3v) is 3.02. The van der Waals surface area contributed by atoms with Crippen LogP contribution in [0.4, 0.5) is 4.79 Å². The molecule has 0 radical (unpaired) electrons. The van der Waals surface area contributed by atoms with Crippen molar-refractivity contribution in [1.29, 1.82) is 0 Å². The fraction of sp³-hybridized carbons (Fsp3) is 0.727. The van der Waals surface area contributed by atoms with Crippen LogP contribution in [-0.2, 0) is 14.3 Å². The maximum Gasteiger partial charge on any atom is 0.321 e. The molecule has 0 spiro atoms. The maximum absolute atomic E-state index is 11.4. The minimum atomic E-state index is -0.503. The van der Waals surface area contributed by atoms with Gasteiger partial charge in [0, 0.05) is 11.3 Å². The van der Waals surface area contributed by atoms with E-state index < -0.39 is 6.03 Å². The van der Waals surface area contributed by atoms with Crippen LogP contribution in [0.3, 0.4) is 0 Å². The number of hydrogen-bond acceptors (Lipinski definition) is 5. The first-order valence-corrected chi connectivity index (χ1v) is 6.68. The van der Waals surface area contributed by atoms with Crippen molar-refractivity contribution in [2.75, 3.05) is 12.9 Å². The Morgan fingerprint density at radius 2 is 1.83 bits per heavy atom. The molecule has 6 nitrogen and oxygen atoms in total. The number of ether oxygens (including phenoxy) is 1. The highest BCUT2D eigenvalue weighted by molar-refractivity contribution is 8.00. The van der Waals surface area contributed by atoms with Gasteiger partial charge in [-0.1, -0.05) is 6.92 Å². The average Bonchev–Trinajstić information content (AvgIpc) is 2.24. The van der Waals surface area contributed by atoms with E-state index >= 15 is 0 Å². The smallest absolute Gasteiger partial charge is 0.321 e. The summed E-state index contributed by atoms with van der Waals surface area (Å²) in [6.07, 6.45) is 0.243. The topological polar surface area (TPSA) is 84.5 Å². The molecule has 0 heterocycles. The Hall–Kier alpha value is -1.24. The zero-order chi connectivity index (χ0) is 14.1. The molecular formula is C11H20N2O4S. The summed E-state index contributed by atoms with van der Waals surface area (Å²) in [7, 11) is 1.32. The molecule has 0 aliphatic heterocycles. The van der Waals surface area contributed by atoms with Gasteiger partial charge in [-0.2, -0.15) is 0 Å². The van der Waals surface area contributed by atoms with E-state index in [4.69, 9.17) is 0 Å². The lowest BCUT2D eigenvalue weighted by Crippen LogP contribution is -2.43. The highest BCUT2D eigenvalue weighted by Crippen LogP contribution is 2.13. The fourth-order valence-corrected chi connectivity index (χ4v) is 1.82. The molecular weight excluding hydrogens is 256 g/mol. The molecule has 0 aromatic rings. The van der Waals surface area contributed by atoms with Gasteiger partial charge in [-0.15, -0.1) is 11.8 Å². The molecule has 0 rings (SSSR count). The molecule has 18 heavy (non-hydrogen) atoms. The van der Waals surface area contributed by atoms with Crippen LogP contribution in [0.1, 0.15) is 27.2 Å². The molecule has 0 aromatic carbocycles. The first-order valence-electron chi connectivity index (χ1n) is 5.64. The quantitative estimate of drug-likeness (QED) is 0.704. The SMILES string of the molecule is COC(=O)CC(C)SCC(=O)NC(=O)NC(C)C. The lowest BCUT2D eigenvalue weighted by atomic mass is 10.3. The number of nitrogens with one attached hydrogen (secondary N) is 2. The lowest BCUT2D eigenvalue weighted by molar-refractivity contribution is -0.140. The summed E-state index contributed by atoms with van der Waals surface area (Å²) in [6, 6.07) is -0.528. The van der Waals surface area contributed by atoms with Crippen LogP contribution in [0, 0.1) is 0 Å². The van der Waals surface area contributed by atoms with Crippen LogP contribution in [0.5, 0.6) is 0 Å². The number of hydrogen-bond donors (Lipinski definition) is 2. The minimum Gasteiger partial charge on any atom is -0.469 e. The molecule has 7 heteroatoms. The van der Waals surface area contributed by atoms with Crippen LogP contribution in [-0.4, -0.2) is 42.1 Å². The van der Waals surface area contributed by atoms with Crippen molar-refractivity contribution in [1.82, 2.24) is 10.6 Å². The van der Waals surface area contributed by atoms with Gasteiger partial charge in [0.15, 0.2) is 0 Å². The number of rotatable bonds is 6. The van der Waals surface area contributed by atoms with Crippen LogP contribution >= 0.6 is 11.8 Å². The van der Waals surface area contributed by atoms with Crippen molar-refractivity contribution in [2.45, 2.75) is 38.5 Å².